The lowest BCUT2D eigenvalue weighted by molar-refractivity contribution is 0.0936. The second-order valence-electron chi connectivity index (χ2n) is 3.33. The Morgan fingerprint density at radius 3 is 2.82 bits per heavy atom. The minimum absolute atomic E-state index is 0.154. The second-order valence-corrected chi connectivity index (χ2v) is 3.33. The number of carbonyl (C=O) groups excluding carboxylic acids is 1. The molecule has 5 heteroatoms. The first kappa shape index (κ1) is 13.4. The van der Waals surface area contributed by atoms with Crippen molar-refractivity contribution in [1.82, 2.24) is 5.32 Å². The normalized spacial score (nSPS) is 10.1. The topological polar surface area (TPSA) is 47.6 Å². The highest BCUT2D eigenvalue weighted by atomic mass is 19.1. The molecule has 0 unspecified atom stereocenters. The molecule has 0 bridgehead atoms. The van der Waals surface area contributed by atoms with Crippen LogP contribution in [-0.4, -0.2) is 32.8 Å². The maximum absolute atomic E-state index is 13.5. The number of hydrogen-bond donors (Lipinski definition) is 1. The van der Waals surface area contributed by atoms with Gasteiger partial charge in [-0.05, 0) is 25.1 Å². The van der Waals surface area contributed by atoms with Crippen LogP contribution in [0.2, 0.25) is 0 Å². The van der Waals surface area contributed by atoms with E-state index in [1.807, 2.05) is 0 Å². The molecule has 0 aliphatic heterocycles. The van der Waals surface area contributed by atoms with E-state index in [1.165, 1.54) is 12.1 Å². The lowest BCUT2D eigenvalue weighted by atomic mass is 10.2. The van der Waals surface area contributed by atoms with Crippen LogP contribution in [0.5, 0.6) is 5.75 Å². The molecule has 0 radical (unpaired) electrons. The fourth-order valence-electron chi connectivity index (χ4n) is 1.28. The summed E-state index contributed by atoms with van der Waals surface area (Å²) < 4.78 is 23.3. The molecule has 0 aliphatic rings. The first-order valence-corrected chi connectivity index (χ1v) is 5.38. The van der Waals surface area contributed by atoms with Gasteiger partial charge in [0.05, 0.1) is 13.2 Å². The van der Waals surface area contributed by atoms with Gasteiger partial charge in [0.25, 0.3) is 5.91 Å². The predicted molar refractivity (Wildman–Crippen MR) is 61.8 cm³/mol. The number of ether oxygens (including phenoxy) is 2. The van der Waals surface area contributed by atoms with Crippen molar-refractivity contribution in [2.45, 2.75) is 6.92 Å². The SMILES string of the molecule is CCOc1ccc(C(=O)NCCOC)cc1F. The molecule has 0 heterocycles. The Kier molecular flexibility index (Phi) is 5.42. The zero-order valence-electron chi connectivity index (χ0n) is 9.96. The van der Waals surface area contributed by atoms with Gasteiger partial charge in [0.15, 0.2) is 11.6 Å². The predicted octanol–water partition coefficient (Wildman–Crippen LogP) is 1.60. The van der Waals surface area contributed by atoms with Crippen molar-refractivity contribution in [3.63, 3.8) is 0 Å². The molecule has 0 saturated carbocycles. The quantitative estimate of drug-likeness (QED) is 0.769. The van der Waals surface area contributed by atoms with E-state index < -0.39 is 5.82 Å². The van der Waals surface area contributed by atoms with Crippen molar-refractivity contribution >= 4 is 5.91 Å². The molecule has 4 nitrogen and oxygen atoms in total. The number of rotatable bonds is 6. The summed E-state index contributed by atoms with van der Waals surface area (Å²) in [5.41, 5.74) is 0.266. The highest BCUT2D eigenvalue weighted by Gasteiger charge is 2.09. The standard InChI is InChI=1S/C12H16FNO3/c1-3-17-11-5-4-9(8-10(11)13)12(15)14-6-7-16-2/h4-5,8H,3,6-7H2,1-2H3,(H,14,15). The van der Waals surface area contributed by atoms with Gasteiger partial charge in [-0.3, -0.25) is 4.79 Å². The molecule has 0 atom stereocenters. The minimum atomic E-state index is -0.536. The molecule has 1 aromatic rings. The lowest BCUT2D eigenvalue weighted by Gasteiger charge is -2.07. The van der Waals surface area contributed by atoms with E-state index in [0.29, 0.717) is 19.8 Å². The van der Waals surface area contributed by atoms with Gasteiger partial charge >= 0.3 is 0 Å². The van der Waals surface area contributed by atoms with E-state index in [9.17, 15) is 9.18 Å². The maximum Gasteiger partial charge on any atom is 0.251 e. The number of benzene rings is 1. The number of methoxy groups -OCH3 is 1. The van der Waals surface area contributed by atoms with Crippen LogP contribution in [0.15, 0.2) is 18.2 Å². The summed E-state index contributed by atoms with van der Waals surface area (Å²) in [6, 6.07) is 4.13. The minimum Gasteiger partial charge on any atom is -0.491 e. The molecular formula is C12H16FNO3. The fraction of sp³-hybridized carbons (Fsp3) is 0.417. The molecule has 0 fully saturated rings. The van der Waals surface area contributed by atoms with Crippen molar-refractivity contribution in [3.05, 3.63) is 29.6 Å². The molecule has 1 amide bonds. The third-order valence-electron chi connectivity index (χ3n) is 2.09. The highest BCUT2D eigenvalue weighted by molar-refractivity contribution is 5.94. The summed E-state index contributed by atoms with van der Waals surface area (Å²) in [7, 11) is 1.54. The lowest BCUT2D eigenvalue weighted by Crippen LogP contribution is -2.27. The van der Waals surface area contributed by atoms with Crippen LogP contribution in [0, 0.1) is 5.82 Å². The largest absolute Gasteiger partial charge is 0.491 e. The Balaban J connectivity index is 2.65. The molecule has 0 spiro atoms. The second kappa shape index (κ2) is 6.85. The zero-order chi connectivity index (χ0) is 12.7. The summed E-state index contributed by atoms with van der Waals surface area (Å²) >= 11 is 0. The molecule has 1 N–H and O–H groups in total. The van der Waals surface area contributed by atoms with E-state index >= 15 is 0 Å². The molecule has 0 aromatic heterocycles. The molecule has 17 heavy (non-hydrogen) atoms. The number of carbonyl (C=O) groups is 1. The van der Waals surface area contributed by atoms with Gasteiger partial charge < -0.3 is 14.8 Å². The van der Waals surface area contributed by atoms with Crippen LogP contribution < -0.4 is 10.1 Å². The first-order valence-electron chi connectivity index (χ1n) is 5.38. The molecule has 1 rings (SSSR count). The van der Waals surface area contributed by atoms with Gasteiger partial charge in [0.1, 0.15) is 0 Å². The fourth-order valence-corrected chi connectivity index (χ4v) is 1.28. The van der Waals surface area contributed by atoms with Crippen molar-refractivity contribution in [2.75, 3.05) is 26.9 Å². The van der Waals surface area contributed by atoms with E-state index in [0.717, 1.165) is 6.07 Å². The summed E-state index contributed by atoms with van der Waals surface area (Å²) in [4.78, 5) is 11.6. The van der Waals surface area contributed by atoms with Crippen LogP contribution >= 0.6 is 0 Å². The van der Waals surface area contributed by atoms with Crippen molar-refractivity contribution < 1.29 is 18.7 Å². The Labute approximate surface area is 99.7 Å². The third-order valence-corrected chi connectivity index (χ3v) is 2.09. The van der Waals surface area contributed by atoms with Crippen molar-refractivity contribution in [1.29, 1.82) is 0 Å². The van der Waals surface area contributed by atoms with Gasteiger partial charge in [-0.25, -0.2) is 4.39 Å². The van der Waals surface area contributed by atoms with Crippen LogP contribution in [0.3, 0.4) is 0 Å². The maximum atomic E-state index is 13.5. The third kappa shape index (κ3) is 4.03. The molecule has 0 saturated heterocycles. The monoisotopic (exact) mass is 241 g/mol. The summed E-state index contributed by atoms with van der Waals surface area (Å²) in [5.74, 6) is -0.712. The average molecular weight is 241 g/mol. The Bertz CT molecular complexity index is 382. The molecule has 1 aromatic carbocycles. The highest BCUT2D eigenvalue weighted by Crippen LogP contribution is 2.18. The number of hydrogen-bond acceptors (Lipinski definition) is 3. The Morgan fingerprint density at radius 1 is 1.47 bits per heavy atom. The van der Waals surface area contributed by atoms with E-state index in [2.05, 4.69) is 5.32 Å². The van der Waals surface area contributed by atoms with E-state index in [1.54, 1.807) is 14.0 Å². The molecule has 94 valence electrons. The Morgan fingerprint density at radius 2 is 2.24 bits per heavy atom. The van der Waals surface area contributed by atoms with Gasteiger partial charge in [0.2, 0.25) is 0 Å². The van der Waals surface area contributed by atoms with E-state index in [-0.39, 0.29) is 17.2 Å². The van der Waals surface area contributed by atoms with Gasteiger partial charge in [-0.2, -0.15) is 0 Å². The van der Waals surface area contributed by atoms with Gasteiger partial charge in [-0.1, -0.05) is 0 Å². The van der Waals surface area contributed by atoms with E-state index in [4.69, 9.17) is 9.47 Å². The first-order chi connectivity index (χ1) is 8.19. The molecular weight excluding hydrogens is 225 g/mol. The number of amides is 1. The van der Waals surface area contributed by atoms with Gasteiger partial charge in [-0.15, -0.1) is 0 Å². The number of nitrogens with one attached hydrogen (secondary N) is 1. The van der Waals surface area contributed by atoms with Gasteiger partial charge in [0, 0.05) is 19.2 Å². The Hall–Kier alpha value is -1.62. The average Bonchev–Trinajstić information content (AvgIpc) is 2.32. The van der Waals surface area contributed by atoms with Crippen LogP contribution in [0.1, 0.15) is 17.3 Å². The molecule has 0 aliphatic carbocycles. The zero-order valence-corrected chi connectivity index (χ0v) is 9.96. The van der Waals surface area contributed by atoms with Crippen molar-refractivity contribution in [3.8, 4) is 5.75 Å². The summed E-state index contributed by atoms with van der Waals surface area (Å²) in [6.45, 7) is 2.97. The van der Waals surface area contributed by atoms with Crippen LogP contribution in [0.4, 0.5) is 4.39 Å². The smallest absolute Gasteiger partial charge is 0.251 e. The van der Waals surface area contributed by atoms with Crippen LogP contribution in [-0.2, 0) is 4.74 Å². The summed E-state index contributed by atoms with van der Waals surface area (Å²) in [5, 5.41) is 2.61. The van der Waals surface area contributed by atoms with Crippen molar-refractivity contribution in [2.24, 2.45) is 0 Å². The van der Waals surface area contributed by atoms with Crippen LogP contribution in [0.25, 0.3) is 0 Å². The summed E-state index contributed by atoms with van der Waals surface area (Å²) in [6.07, 6.45) is 0. The number of halogens is 1.